The van der Waals surface area contributed by atoms with E-state index in [9.17, 15) is 0 Å². The van der Waals surface area contributed by atoms with Crippen molar-refractivity contribution in [3.05, 3.63) is 106 Å². The van der Waals surface area contributed by atoms with E-state index in [2.05, 4.69) is 117 Å². The van der Waals surface area contributed by atoms with Crippen LogP contribution in [0.15, 0.2) is 66.9 Å². The third-order valence-corrected chi connectivity index (χ3v) is 7.70. The Morgan fingerprint density at radius 1 is 0.892 bits per heavy atom. The minimum Gasteiger partial charge on any atom is -0.378 e. The van der Waals surface area contributed by atoms with Crippen molar-refractivity contribution in [3.63, 3.8) is 0 Å². The van der Waals surface area contributed by atoms with Crippen molar-refractivity contribution in [1.29, 1.82) is 0 Å². The molecule has 3 heterocycles. The summed E-state index contributed by atoms with van der Waals surface area (Å²) in [6, 6.07) is 21.4. The standard InChI is InChI=1S/C31H35N5S/c1-19-16-20(2)29(21(3)17-19)35-22(4)18-26(23(35)5)30-28(27-10-8-9-15-32-27)33-31(37)36(30)25-13-11-24(12-14-25)34(6)7/h8-18,28,30H,1-7H3,(H,33,37)/t28-,30+/m0/s1. The van der Waals surface area contributed by atoms with Gasteiger partial charge in [-0.05, 0) is 106 Å². The van der Waals surface area contributed by atoms with E-state index in [4.69, 9.17) is 17.2 Å². The van der Waals surface area contributed by atoms with E-state index in [0.29, 0.717) is 5.11 Å². The van der Waals surface area contributed by atoms with Gasteiger partial charge in [-0.25, -0.2) is 0 Å². The highest BCUT2D eigenvalue weighted by molar-refractivity contribution is 7.80. The van der Waals surface area contributed by atoms with Crippen molar-refractivity contribution >= 4 is 28.7 Å². The van der Waals surface area contributed by atoms with E-state index < -0.39 is 0 Å². The number of benzene rings is 2. The van der Waals surface area contributed by atoms with E-state index in [1.54, 1.807) is 0 Å². The van der Waals surface area contributed by atoms with Crippen LogP contribution in [0.1, 0.15) is 51.4 Å². The van der Waals surface area contributed by atoms with Gasteiger partial charge in [0.1, 0.15) is 0 Å². The number of thiocarbonyl (C=S) groups is 1. The number of rotatable bonds is 5. The van der Waals surface area contributed by atoms with Crippen LogP contribution in [0.4, 0.5) is 11.4 Å². The molecule has 1 N–H and O–H groups in total. The number of hydrogen-bond acceptors (Lipinski definition) is 3. The predicted octanol–water partition coefficient (Wildman–Crippen LogP) is 6.66. The Morgan fingerprint density at radius 3 is 2.16 bits per heavy atom. The summed E-state index contributed by atoms with van der Waals surface area (Å²) in [5.41, 5.74) is 12.0. The van der Waals surface area contributed by atoms with Crippen LogP contribution in [0.5, 0.6) is 0 Å². The molecule has 37 heavy (non-hydrogen) atoms. The zero-order chi connectivity index (χ0) is 26.4. The summed E-state index contributed by atoms with van der Waals surface area (Å²) in [6.45, 7) is 11.0. The molecular weight excluding hydrogens is 474 g/mol. The fourth-order valence-corrected chi connectivity index (χ4v) is 6.16. The maximum atomic E-state index is 5.96. The number of anilines is 2. The number of hydrogen-bond donors (Lipinski definition) is 1. The summed E-state index contributed by atoms with van der Waals surface area (Å²) in [7, 11) is 4.11. The maximum absolute atomic E-state index is 5.96. The van der Waals surface area contributed by atoms with Crippen LogP contribution in [0.3, 0.4) is 0 Å². The molecule has 0 aliphatic carbocycles. The lowest BCUT2D eigenvalue weighted by Crippen LogP contribution is -2.29. The second-order valence-electron chi connectivity index (χ2n) is 10.3. The number of nitrogens with one attached hydrogen (secondary N) is 1. The highest BCUT2D eigenvalue weighted by atomic mass is 32.1. The lowest BCUT2D eigenvalue weighted by Gasteiger charge is -2.29. The van der Waals surface area contributed by atoms with Crippen LogP contribution in [-0.4, -0.2) is 28.8 Å². The van der Waals surface area contributed by atoms with Crippen LogP contribution in [0.25, 0.3) is 5.69 Å². The Hall–Kier alpha value is -3.64. The van der Waals surface area contributed by atoms with Gasteiger partial charge in [-0.2, -0.15) is 0 Å². The van der Waals surface area contributed by atoms with Crippen molar-refractivity contribution < 1.29 is 0 Å². The number of nitrogens with zero attached hydrogens (tertiary/aromatic N) is 4. The predicted molar refractivity (Wildman–Crippen MR) is 158 cm³/mol. The first-order valence-corrected chi connectivity index (χ1v) is 13.1. The summed E-state index contributed by atoms with van der Waals surface area (Å²) in [5.74, 6) is 0. The highest BCUT2D eigenvalue weighted by Crippen LogP contribution is 2.44. The lowest BCUT2D eigenvalue weighted by atomic mass is 9.96. The first-order chi connectivity index (χ1) is 17.7. The van der Waals surface area contributed by atoms with Gasteiger partial charge in [-0.1, -0.05) is 23.8 Å². The summed E-state index contributed by atoms with van der Waals surface area (Å²) in [4.78, 5) is 9.10. The molecule has 0 bridgehead atoms. The van der Waals surface area contributed by atoms with E-state index in [1.807, 2.05) is 18.3 Å². The Kier molecular flexibility index (Phi) is 6.54. The summed E-state index contributed by atoms with van der Waals surface area (Å²) < 4.78 is 2.41. The monoisotopic (exact) mass is 509 g/mol. The first-order valence-electron chi connectivity index (χ1n) is 12.7. The van der Waals surface area contributed by atoms with Gasteiger partial charge in [0, 0.05) is 43.1 Å². The van der Waals surface area contributed by atoms with Gasteiger partial charge in [0.2, 0.25) is 0 Å². The Balaban J connectivity index is 1.69. The fraction of sp³-hybridized carbons (Fsp3) is 0.290. The van der Waals surface area contributed by atoms with Crippen molar-refractivity contribution in [2.75, 3.05) is 23.9 Å². The smallest absolute Gasteiger partial charge is 0.174 e. The molecule has 0 radical (unpaired) electrons. The molecule has 0 saturated carbocycles. The third-order valence-electron chi connectivity index (χ3n) is 7.39. The van der Waals surface area contributed by atoms with Gasteiger partial charge in [-0.3, -0.25) is 4.98 Å². The second kappa shape index (κ2) is 9.67. The molecule has 6 heteroatoms. The molecule has 4 aromatic rings. The second-order valence-corrected chi connectivity index (χ2v) is 10.7. The van der Waals surface area contributed by atoms with Crippen LogP contribution in [-0.2, 0) is 0 Å². The minimum atomic E-state index is -0.0728. The average Bonchev–Trinajstić information content (AvgIpc) is 3.35. The molecule has 0 amide bonds. The topological polar surface area (TPSA) is 36.3 Å². The van der Waals surface area contributed by atoms with E-state index in [0.717, 1.165) is 17.1 Å². The molecule has 5 rings (SSSR count). The molecule has 2 aromatic heterocycles. The quantitative estimate of drug-likeness (QED) is 0.305. The average molecular weight is 510 g/mol. The summed E-state index contributed by atoms with van der Waals surface area (Å²) >= 11 is 5.96. The molecule has 2 aromatic carbocycles. The SMILES string of the molecule is Cc1cc(C)c(-n2c(C)cc([C@@H]3[C@H](c4ccccn4)NC(=S)N3c3ccc(N(C)C)cc3)c2C)c(C)c1. The molecule has 0 spiro atoms. The van der Waals surface area contributed by atoms with Crippen molar-refractivity contribution in [1.82, 2.24) is 14.9 Å². The molecule has 1 aliphatic rings. The largest absolute Gasteiger partial charge is 0.378 e. The normalized spacial score (nSPS) is 17.3. The van der Waals surface area contributed by atoms with Crippen LogP contribution in [0, 0.1) is 34.6 Å². The lowest BCUT2D eigenvalue weighted by molar-refractivity contribution is 0.565. The number of aromatic nitrogens is 2. The molecule has 0 unspecified atom stereocenters. The Labute approximate surface area is 225 Å². The van der Waals surface area contributed by atoms with Crippen LogP contribution in [0.2, 0.25) is 0 Å². The minimum absolute atomic E-state index is 0.0429. The zero-order valence-corrected chi connectivity index (χ0v) is 23.5. The van der Waals surface area contributed by atoms with E-state index in [1.165, 1.54) is 39.3 Å². The molecule has 5 nitrogen and oxygen atoms in total. The summed E-state index contributed by atoms with van der Waals surface area (Å²) in [6.07, 6.45) is 1.86. The van der Waals surface area contributed by atoms with Crippen molar-refractivity contribution in [2.45, 2.75) is 46.7 Å². The number of aryl methyl sites for hydroxylation is 4. The van der Waals surface area contributed by atoms with Gasteiger partial charge in [-0.15, -0.1) is 0 Å². The van der Waals surface area contributed by atoms with Gasteiger partial charge < -0.3 is 19.7 Å². The van der Waals surface area contributed by atoms with Crippen molar-refractivity contribution in [2.24, 2.45) is 0 Å². The van der Waals surface area contributed by atoms with Crippen molar-refractivity contribution in [3.8, 4) is 5.69 Å². The van der Waals surface area contributed by atoms with Gasteiger partial charge >= 0.3 is 0 Å². The highest BCUT2D eigenvalue weighted by Gasteiger charge is 2.42. The molecule has 1 saturated heterocycles. The van der Waals surface area contributed by atoms with E-state index >= 15 is 0 Å². The maximum Gasteiger partial charge on any atom is 0.174 e. The Bertz CT molecular complexity index is 1430. The van der Waals surface area contributed by atoms with E-state index in [-0.39, 0.29) is 12.1 Å². The molecular formula is C31H35N5S. The third kappa shape index (κ3) is 4.40. The first kappa shape index (κ1) is 25.0. The van der Waals surface area contributed by atoms with Gasteiger partial charge in [0.25, 0.3) is 0 Å². The molecule has 1 fully saturated rings. The number of pyridine rings is 1. The van der Waals surface area contributed by atoms with Crippen LogP contribution >= 0.6 is 12.2 Å². The van der Waals surface area contributed by atoms with Gasteiger partial charge in [0.05, 0.1) is 23.5 Å². The molecule has 190 valence electrons. The molecule has 1 aliphatic heterocycles. The fourth-order valence-electron chi connectivity index (χ4n) is 5.82. The van der Waals surface area contributed by atoms with Crippen LogP contribution < -0.4 is 15.1 Å². The Morgan fingerprint density at radius 2 is 1.57 bits per heavy atom. The van der Waals surface area contributed by atoms with Gasteiger partial charge in [0.15, 0.2) is 5.11 Å². The zero-order valence-electron chi connectivity index (χ0n) is 22.7. The summed E-state index contributed by atoms with van der Waals surface area (Å²) in [5, 5.41) is 4.32. The molecule has 2 atom stereocenters.